The van der Waals surface area contributed by atoms with E-state index in [2.05, 4.69) is 19.1 Å². The quantitative estimate of drug-likeness (QED) is 0.467. The number of aliphatic carboxylic acids is 1. The molecule has 0 aromatic rings. The van der Waals surface area contributed by atoms with E-state index in [1.165, 1.54) is 0 Å². The molecule has 1 aliphatic heterocycles. The summed E-state index contributed by atoms with van der Waals surface area (Å²) in [5, 5.41) is 8.55. The van der Waals surface area contributed by atoms with Crippen LogP contribution in [0.1, 0.15) is 45.4 Å². The second-order valence-electron chi connectivity index (χ2n) is 5.45. The zero-order valence-corrected chi connectivity index (χ0v) is 12.6. The van der Waals surface area contributed by atoms with Crippen molar-refractivity contribution in [2.24, 2.45) is 11.8 Å². The molecule has 0 bridgehead atoms. The largest absolute Gasteiger partial charge is 0.481 e. The van der Waals surface area contributed by atoms with Gasteiger partial charge in [0.25, 0.3) is 0 Å². The minimum absolute atomic E-state index is 0.258. The Labute approximate surface area is 122 Å². The maximum absolute atomic E-state index is 10.4. The SMILES string of the molecule is CCCOCC[C@@H]1COC[C@@H]1CC=CCCCC(=O)O. The second kappa shape index (κ2) is 10.9. The predicted molar refractivity (Wildman–Crippen MR) is 78.8 cm³/mol. The maximum Gasteiger partial charge on any atom is 0.303 e. The molecular weight excluding hydrogens is 256 g/mol. The van der Waals surface area contributed by atoms with E-state index < -0.39 is 5.97 Å². The highest BCUT2D eigenvalue weighted by Gasteiger charge is 2.26. The highest BCUT2D eigenvalue weighted by Crippen LogP contribution is 2.27. The van der Waals surface area contributed by atoms with Crippen molar-refractivity contribution in [3.8, 4) is 0 Å². The molecule has 20 heavy (non-hydrogen) atoms. The fraction of sp³-hybridized carbons (Fsp3) is 0.812. The standard InChI is InChI=1S/C16H28O4/c1-2-10-19-11-9-15-13-20-12-14(15)7-5-3-4-6-8-16(17)18/h3,5,14-15H,2,4,6-13H2,1H3,(H,17,18)/t14-,15+/m0/s1. The number of carboxylic acids is 1. The number of ether oxygens (including phenoxy) is 2. The van der Waals surface area contributed by atoms with Gasteiger partial charge in [-0.3, -0.25) is 4.79 Å². The molecule has 1 heterocycles. The number of rotatable bonds is 11. The van der Waals surface area contributed by atoms with Crippen LogP contribution in [0.15, 0.2) is 12.2 Å². The van der Waals surface area contributed by atoms with E-state index in [1.807, 2.05) is 0 Å². The molecule has 0 aliphatic carbocycles. The van der Waals surface area contributed by atoms with Gasteiger partial charge in [-0.05, 0) is 43.9 Å². The van der Waals surface area contributed by atoms with Crippen molar-refractivity contribution < 1.29 is 19.4 Å². The summed E-state index contributed by atoms with van der Waals surface area (Å²) in [7, 11) is 0. The van der Waals surface area contributed by atoms with Gasteiger partial charge in [0.15, 0.2) is 0 Å². The van der Waals surface area contributed by atoms with Crippen LogP contribution in [0.4, 0.5) is 0 Å². The van der Waals surface area contributed by atoms with Crippen LogP contribution < -0.4 is 0 Å². The molecule has 1 fully saturated rings. The molecule has 4 heteroatoms. The van der Waals surface area contributed by atoms with Crippen LogP contribution in [0.2, 0.25) is 0 Å². The summed E-state index contributed by atoms with van der Waals surface area (Å²) in [5.74, 6) is 0.487. The summed E-state index contributed by atoms with van der Waals surface area (Å²) in [6.45, 7) is 5.50. The Morgan fingerprint density at radius 2 is 2.10 bits per heavy atom. The van der Waals surface area contributed by atoms with Crippen LogP contribution >= 0.6 is 0 Å². The molecule has 0 unspecified atom stereocenters. The first-order valence-corrected chi connectivity index (χ1v) is 7.76. The Balaban J connectivity index is 2.11. The summed E-state index contributed by atoms with van der Waals surface area (Å²) in [4.78, 5) is 10.4. The Morgan fingerprint density at radius 3 is 2.85 bits per heavy atom. The van der Waals surface area contributed by atoms with E-state index in [1.54, 1.807) is 0 Å². The Bertz CT molecular complexity index is 288. The molecule has 0 radical (unpaired) electrons. The van der Waals surface area contributed by atoms with E-state index in [0.29, 0.717) is 11.8 Å². The lowest BCUT2D eigenvalue weighted by molar-refractivity contribution is -0.137. The molecule has 0 aromatic heterocycles. The number of carboxylic acid groups (broad SMARTS) is 1. The van der Waals surface area contributed by atoms with Crippen molar-refractivity contribution in [1.29, 1.82) is 0 Å². The van der Waals surface area contributed by atoms with Gasteiger partial charge in [-0.25, -0.2) is 0 Å². The fourth-order valence-electron chi connectivity index (χ4n) is 2.46. The Kier molecular flexibility index (Phi) is 9.33. The highest BCUT2D eigenvalue weighted by atomic mass is 16.5. The van der Waals surface area contributed by atoms with Crippen molar-refractivity contribution in [2.45, 2.75) is 45.4 Å². The summed E-state index contributed by atoms with van der Waals surface area (Å²) >= 11 is 0. The average Bonchev–Trinajstić information content (AvgIpc) is 2.86. The lowest BCUT2D eigenvalue weighted by atomic mass is 9.90. The minimum Gasteiger partial charge on any atom is -0.481 e. The van der Waals surface area contributed by atoms with Crippen LogP contribution in [-0.2, 0) is 14.3 Å². The summed E-state index contributed by atoms with van der Waals surface area (Å²) in [6.07, 6.45) is 9.30. The monoisotopic (exact) mass is 284 g/mol. The molecule has 1 N–H and O–H groups in total. The zero-order valence-electron chi connectivity index (χ0n) is 12.6. The van der Waals surface area contributed by atoms with Crippen LogP contribution in [0.3, 0.4) is 0 Å². The van der Waals surface area contributed by atoms with Gasteiger partial charge >= 0.3 is 5.97 Å². The van der Waals surface area contributed by atoms with Crippen LogP contribution in [0.5, 0.6) is 0 Å². The minimum atomic E-state index is -0.713. The summed E-state index contributed by atoms with van der Waals surface area (Å²) < 4.78 is 11.1. The van der Waals surface area contributed by atoms with Gasteiger partial charge in [0.2, 0.25) is 0 Å². The molecule has 2 atom stereocenters. The first-order valence-electron chi connectivity index (χ1n) is 7.76. The van der Waals surface area contributed by atoms with E-state index in [9.17, 15) is 4.79 Å². The van der Waals surface area contributed by atoms with Gasteiger partial charge in [-0.15, -0.1) is 0 Å². The van der Waals surface area contributed by atoms with Gasteiger partial charge in [-0.1, -0.05) is 19.1 Å². The normalized spacial score (nSPS) is 22.6. The second-order valence-corrected chi connectivity index (χ2v) is 5.45. The van der Waals surface area contributed by atoms with Crippen LogP contribution in [0, 0.1) is 11.8 Å². The molecule has 1 rings (SSSR count). The van der Waals surface area contributed by atoms with E-state index in [4.69, 9.17) is 14.6 Å². The maximum atomic E-state index is 10.4. The van der Waals surface area contributed by atoms with Crippen molar-refractivity contribution in [2.75, 3.05) is 26.4 Å². The number of hydrogen-bond donors (Lipinski definition) is 1. The third-order valence-corrected chi connectivity index (χ3v) is 3.68. The van der Waals surface area contributed by atoms with Gasteiger partial charge in [0.1, 0.15) is 0 Å². The Hall–Kier alpha value is -0.870. The summed E-state index contributed by atoms with van der Waals surface area (Å²) in [6, 6.07) is 0. The number of hydrogen-bond acceptors (Lipinski definition) is 3. The molecule has 0 amide bonds. The van der Waals surface area contributed by atoms with E-state index in [-0.39, 0.29) is 6.42 Å². The molecule has 116 valence electrons. The zero-order chi connectivity index (χ0) is 14.6. The molecule has 0 saturated carbocycles. The third kappa shape index (κ3) is 7.65. The van der Waals surface area contributed by atoms with Crippen molar-refractivity contribution in [3.63, 3.8) is 0 Å². The molecule has 1 aliphatic rings. The first kappa shape index (κ1) is 17.2. The number of carbonyl (C=O) groups is 1. The fourth-order valence-corrected chi connectivity index (χ4v) is 2.46. The predicted octanol–water partition coefficient (Wildman–Crippen LogP) is 3.27. The summed E-state index contributed by atoms with van der Waals surface area (Å²) in [5.41, 5.74) is 0. The molecule has 0 aromatic carbocycles. The van der Waals surface area contributed by atoms with Crippen molar-refractivity contribution in [1.82, 2.24) is 0 Å². The molecular formula is C16H28O4. The molecule has 1 saturated heterocycles. The van der Waals surface area contributed by atoms with Crippen molar-refractivity contribution >= 4 is 5.97 Å². The van der Waals surface area contributed by atoms with Gasteiger partial charge in [-0.2, -0.15) is 0 Å². The Morgan fingerprint density at radius 1 is 1.30 bits per heavy atom. The van der Waals surface area contributed by atoms with Gasteiger partial charge < -0.3 is 14.6 Å². The molecule has 0 spiro atoms. The average molecular weight is 284 g/mol. The smallest absolute Gasteiger partial charge is 0.303 e. The topological polar surface area (TPSA) is 55.8 Å². The van der Waals surface area contributed by atoms with Crippen LogP contribution in [0.25, 0.3) is 0 Å². The van der Waals surface area contributed by atoms with Gasteiger partial charge in [0.05, 0.1) is 6.61 Å². The van der Waals surface area contributed by atoms with Crippen molar-refractivity contribution in [3.05, 3.63) is 12.2 Å². The number of unbranched alkanes of at least 4 members (excludes halogenated alkanes) is 1. The van der Waals surface area contributed by atoms with E-state index in [0.717, 1.165) is 58.5 Å². The lowest BCUT2D eigenvalue weighted by Gasteiger charge is -2.15. The number of allylic oxidation sites excluding steroid dienone is 2. The van der Waals surface area contributed by atoms with Crippen LogP contribution in [-0.4, -0.2) is 37.5 Å². The van der Waals surface area contributed by atoms with Gasteiger partial charge in [0, 0.05) is 26.2 Å². The lowest BCUT2D eigenvalue weighted by Crippen LogP contribution is -2.14. The van der Waals surface area contributed by atoms with E-state index >= 15 is 0 Å². The highest BCUT2D eigenvalue weighted by molar-refractivity contribution is 5.66. The molecule has 4 nitrogen and oxygen atoms in total. The first-order chi connectivity index (χ1) is 9.74. The third-order valence-electron chi connectivity index (χ3n) is 3.68.